The molecule has 1 amide bonds. The molecule has 1 N–H and O–H groups in total. The summed E-state index contributed by atoms with van der Waals surface area (Å²) in [6, 6.07) is 21.7. The Morgan fingerprint density at radius 1 is 0.871 bits per heavy atom. The summed E-state index contributed by atoms with van der Waals surface area (Å²) in [5.74, 6) is 0.976. The Bertz CT molecular complexity index is 1050. The van der Waals surface area contributed by atoms with E-state index in [0.717, 1.165) is 5.56 Å². The van der Waals surface area contributed by atoms with Gasteiger partial charge in [0.2, 0.25) is 5.91 Å². The number of benzene rings is 3. The molecule has 3 rings (SSSR count). The highest BCUT2D eigenvalue weighted by atomic mass is 16.5. The summed E-state index contributed by atoms with van der Waals surface area (Å²) in [6.07, 6.45) is 0. The summed E-state index contributed by atoms with van der Waals surface area (Å²) in [4.78, 5) is 27.4. The zero-order chi connectivity index (χ0) is 22.2. The molecule has 3 aromatic carbocycles. The minimum Gasteiger partial charge on any atom is -0.493 e. The van der Waals surface area contributed by atoms with Gasteiger partial charge in [0.1, 0.15) is 0 Å². The molecule has 0 bridgehead atoms. The Kier molecular flexibility index (Phi) is 7.40. The standard InChI is InChI=1S/C25H26N2O4/c1-27(16-18-13-14-22(30-2)23(15-18)31-3)17-24(28)26-21-12-8-7-11-20(21)25(29)19-9-5-4-6-10-19/h4-15H,16-17H2,1-3H3,(H,26,28). The Morgan fingerprint density at radius 2 is 1.55 bits per heavy atom. The van der Waals surface area contributed by atoms with Crippen molar-refractivity contribution in [2.24, 2.45) is 0 Å². The lowest BCUT2D eigenvalue weighted by Crippen LogP contribution is -2.30. The van der Waals surface area contributed by atoms with Crippen LogP contribution in [-0.4, -0.2) is 44.4 Å². The molecule has 6 heteroatoms. The van der Waals surface area contributed by atoms with E-state index < -0.39 is 0 Å². The minimum absolute atomic E-state index is 0.129. The van der Waals surface area contributed by atoms with Gasteiger partial charge in [0, 0.05) is 17.7 Å². The number of hydrogen-bond acceptors (Lipinski definition) is 5. The second kappa shape index (κ2) is 10.4. The van der Waals surface area contributed by atoms with E-state index in [1.54, 1.807) is 50.6 Å². The number of rotatable bonds is 9. The van der Waals surface area contributed by atoms with E-state index >= 15 is 0 Å². The maximum absolute atomic E-state index is 12.8. The van der Waals surface area contributed by atoms with Crippen molar-refractivity contribution in [3.05, 3.63) is 89.5 Å². The molecule has 0 saturated carbocycles. The number of anilines is 1. The van der Waals surface area contributed by atoms with Gasteiger partial charge in [-0.3, -0.25) is 14.5 Å². The predicted octanol–water partition coefficient (Wildman–Crippen LogP) is 4.01. The molecule has 0 radical (unpaired) electrons. The van der Waals surface area contributed by atoms with Crippen molar-refractivity contribution >= 4 is 17.4 Å². The van der Waals surface area contributed by atoms with E-state index in [1.165, 1.54) is 0 Å². The van der Waals surface area contributed by atoms with Gasteiger partial charge in [0.15, 0.2) is 17.3 Å². The highest BCUT2D eigenvalue weighted by molar-refractivity contribution is 6.13. The van der Waals surface area contributed by atoms with Crippen molar-refractivity contribution in [2.75, 3.05) is 33.1 Å². The van der Waals surface area contributed by atoms with Crippen LogP contribution >= 0.6 is 0 Å². The number of ketones is 1. The van der Waals surface area contributed by atoms with E-state index in [-0.39, 0.29) is 18.2 Å². The van der Waals surface area contributed by atoms with Crippen LogP contribution in [0.4, 0.5) is 5.69 Å². The van der Waals surface area contributed by atoms with Gasteiger partial charge in [-0.15, -0.1) is 0 Å². The van der Waals surface area contributed by atoms with Crippen LogP contribution in [0.3, 0.4) is 0 Å². The van der Waals surface area contributed by atoms with Gasteiger partial charge in [-0.2, -0.15) is 0 Å². The lowest BCUT2D eigenvalue weighted by Gasteiger charge is -2.18. The molecule has 0 aliphatic rings. The highest BCUT2D eigenvalue weighted by Gasteiger charge is 2.16. The van der Waals surface area contributed by atoms with E-state index in [4.69, 9.17) is 9.47 Å². The molecule has 0 heterocycles. The van der Waals surface area contributed by atoms with Gasteiger partial charge >= 0.3 is 0 Å². The first kappa shape index (κ1) is 22.1. The quantitative estimate of drug-likeness (QED) is 0.532. The molecule has 160 valence electrons. The summed E-state index contributed by atoms with van der Waals surface area (Å²) in [6.45, 7) is 0.723. The van der Waals surface area contributed by atoms with Crippen LogP contribution in [0.15, 0.2) is 72.8 Å². The third kappa shape index (κ3) is 5.71. The zero-order valence-electron chi connectivity index (χ0n) is 17.9. The van der Waals surface area contributed by atoms with Crippen LogP contribution < -0.4 is 14.8 Å². The number of carbonyl (C=O) groups excluding carboxylic acids is 2. The topological polar surface area (TPSA) is 67.9 Å². The normalized spacial score (nSPS) is 10.6. The van der Waals surface area contributed by atoms with Crippen molar-refractivity contribution in [3.8, 4) is 11.5 Å². The number of para-hydroxylation sites is 1. The lowest BCUT2D eigenvalue weighted by atomic mass is 10.0. The first-order chi connectivity index (χ1) is 15.0. The first-order valence-electron chi connectivity index (χ1n) is 9.90. The minimum atomic E-state index is -0.198. The summed E-state index contributed by atoms with van der Waals surface area (Å²) >= 11 is 0. The summed E-state index contributed by atoms with van der Waals surface area (Å²) in [7, 11) is 5.04. The fourth-order valence-electron chi connectivity index (χ4n) is 3.32. The second-order valence-electron chi connectivity index (χ2n) is 7.15. The number of hydrogen-bond donors (Lipinski definition) is 1. The molecular formula is C25H26N2O4. The Morgan fingerprint density at radius 3 is 2.26 bits per heavy atom. The van der Waals surface area contributed by atoms with Gasteiger partial charge in [-0.1, -0.05) is 48.5 Å². The largest absolute Gasteiger partial charge is 0.493 e. The molecule has 0 aliphatic carbocycles. The number of nitrogens with one attached hydrogen (secondary N) is 1. The van der Waals surface area contributed by atoms with Gasteiger partial charge < -0.3 is 14.8 Å². The fraction of sp³-hybridized carbons (Fsp3) is 0.200. The average Bonchev–Trinajstić information content (AvgIpc) is 2.79. The average molecular weight is 418 g/mol. The van der Waals surface area contributed by atoms with Crippen LogP contribution in [0.25, 0.3) is 0 Å². The molecule has 31 heavy (non-hydrogen) atoms. The van der Waals surface area contributed by atoms with E-state index in [9.17, 15) is 9.59 Å². The summed E-state index contributed by atoms with van der Waals surface area (Å²) in [5.41, 5.74) is 2.54. The second-order valence-corrected chi connectivity index (χ2v) is 7.15. The van der Waals surface area contributed by atoms with Crippen molar-refractivity contribution in [3.63, 3.8) is 0 Å². The van der Waals surface area contributed by atoms with Gasteiger partial charge in [0.05, 0.1) is 26.5 Å². The Hall–Kier alpha value is -3.64. The van der Waals surface area contributed by atoms with Gasteiger partial charge in [0.25, 0.3) is 0 Å². The lowest BCUT2D eigenvalue weighted by molar-refractivity contribution is -0.117. The predicted molar refractivity (Wildman–Crippen MR) is 121 cm³/mol. The number of amides is 1. The molecule has 0 aliphatic heterocycles. The first-order valence-corrected chi connectivity index (χ1v) is 9.90. The molecule has 0 saturated heterocycles. The third-order valence-corrected chi connectivity index (χ3v) is 4.80. The smallest absolute Gasteiger partial charge is 0.238 e. The molecule has 0 spiro atoms. The summed E-state index contributed by atoms with van der Waals surface area (Å²) < 4.78 is 10.6. The molecule has 3 aromatic rings. The highest BCUT2D eigenvalue weighted by Crippen LogP contribution is 2.28. The van der Waals surface area contributed by atoms with Crippen LogP contribution in [0.1, 0.15) is 21.5 Å². The van der Waals surface area contributed by atoms with Crippen molar-refractivity contribution < 1.29 is 19.1 Å². The third-order valence-electron chi connectivity index (χ3n) is 4.80. The number of likely N-dealkylation sites (N-methyl/N-ethyl adjacent to an activating group) is 1. The maximum Gasteiger partial charge on any atom is 0.238 e. The zero-order valence-corrected chi connectivity index (χ0v) is 17.9. The van der Waals surface area contributed by atoms with Crippen LogP contribution in [0.5, 0.6) is 11.5 Å². The van der Waals surface area contributed by atoms with E-state index in [1.807, 2.05) is 48.3 Å². The number of ether oxygens (including phenoxy) is 2. The summed E-state index contributed by atoms with van der Waals surface area (Å²) in [5, 5.41) is 2.87. The van der Waals surface area contributed by atoms with Crippen LogP contribution in [0.2, 0.25) is 0 Å². The molecule has 0 fully saturated rings. The molecule has 0 aromatic heterocycles. The fourth-order valence-corrected chi connectivity index (χ4v) is 3.32. The monoisotopic (exact) mass is 418 g/mol. The van der Waals surface area contributed by atoms with E-state index in [0.29, 0.717) is 34.9 Å². The SMILES string of the molecule is COc1ccc(CN(C)CC(=O)Nc2ccccc2C(=O)c2ccccc2)cc1OC. The maximum atomic E-state index is 12.8. The molecule has 0 unspecified atom stereocenters. The number of carbonyl (C=O) groups is 2. The van der Waals surface area contributed by atoms with Crippen LogP contribution in [-0.2, 0) is 11.3 Å². The van der Waals surface area contributed by atoms with Crippen molar-refractivity contribution in [2.45, 2.75) is 6.54 Å². The Labute approximate surface area is 182 Å². The van der Waals surface area contributed by atoms with Crippen LogP contribution in [0, 0.1) is 0 Å². The Balaban J connectivity index is 1.65. The van der Waals surface area contributed by atoms with Gasteiger partial charge in [-0.25, -0.2) is 0 Å². The number of nitrogens with zero attached hydrogens (tertiary/aromatic N) is 1. The van der Waals surface area contributed by atoms with E-state index in [2.05, 4.69) is 5.32 Å². The molecule has 0 atom stereocenters. The van der Waals surface area contributed by atoms with Gasteiger partial charge in [-0.05, 0) is 36.9 Å². The molecular weight excluding hydrogens is 392 g/mol. The van der Waals surface area contributed by atoms with Crippen molar-refractivity contribution in [1.29, 1.82) is 0 Å². The molecule has 6 nitrogen and oxygen atoms in total. The number of methoxy groups -OCH3 is 2. The van der Waals surface area contributed by atoms with Crippen molar-refractivity contribution in [1.82, 2.24) is 4.90 Å².